The van der Waals surface area contributed by atoms with E-state index in [9.17, 15) is 14.0 Å². The molecule has 1 unspecified atom stereocenters. The molecule has 0 spiro atoms. The third-order valence-corrected chi connectivity index (χ3v) is 6.64. The summed E-state index contributed by atoms with van der Waals surface area (Å²) < 4.78 is 21.3. The van der Waals surface area contributed by atoms with Crippen LogP contribution >= 0.6 is 15.9 Å². The molecule has 0 saturated carbocycles. The Kier molecular flexibility index (Phi) is 10.1. The Morgan fingerprint density at radius 3 is 2.39 bits per heavy atom. The fourth-order valence-corrected chi connectivity index (χ4v) is 3.97. The first kappa shape index (κ1) is 27.4. The summed E-state index contributed by atoms with van der Waals surface area (Å²) in [4.78, 5) is 28.4. The van der Waals surface area contributed by atoms with E-state index in [2.05, 4.69) is 21.2 Å². The van der Waals surface area contributed by atoms with Gasteiger partial charge >= 0.3 is 0 Å². The molecule has 3 rings (SSSR count). The van der Waals surface area contributed by atoms with Gasteiger partial charge in [0, 0.05) is 29.5 Å². The Morgan fingerprint density at radius 1 is 1.03 bits per heavy atom. The van der Waals surface area contributed by atoms with Crippen molar-refractivity contribution in [3.05, 3.63) is 99.8 Å². The van der Waals surface area contributed by atoms with Gasteiger partial charge in [0.25, 0.3) is 5.91 Å². The van der Waals surface area contributed by atoms with Gasteiger partial charge in [-0.25, -0.2) is 4.39 Å². The van der Waals surface area contributed by atoms with Crippen LogP contribution in [-0.4, -0.2) is 35.9 Å². The first-order valence-electron chi connectivity index (χ1n) is 12.0. The number of nitrogens with one attached hydrogen (secondary N) is 1. The standard InChI is InChI=1S/C29H32BrFN2O3/c1-20(2)17-32-29(35)27(16-22-9-5-4-6-10-22)33(18-23-11-7-8-12-26(23)31)28(34)19-36-24-13-14-25(30)21(3)15-24/h4-15,20,27H,16-19H2,1-3H3,(H,32,35). The number of rotatable bonds is 11. The molecule has 0 bridgehead atoms. The van der Waals surface area contributed by atoms with Gasteiger partial charge in [-0.2, -0.15) is 0 Å². The van der Waals surface area contributed by atoms with Gasteiger partial charge in [0.2, 0.25) is 5.91 Å². The molecule has 0 fully saturated rings. The minimum absolute atomic E-state index is 0.0547. The van der Waals surface area contributed by atoms with E-state index in [0.29, 0.717) is 24.3 Å². The molecule has 2 amide bonds. The second kappa shape index (κ2) is 13.2. The van der Waals surface area contributed by atoms with E-state index in [4.69, 9.17) is 4.74 Å². The van der Waals surface area contributed by atoms with Gasteiger partial charge in [0.1, 0.15) is 17.6 Å². The molecule has 190 valence electrons. The number of amides is 2. The van der Waals surface area contributed by atoms with Crippen LogP contribution in [0.4, 0.5) is 4.39 Å². The van der Waals surface area contributed by atoms with Crippen molar-refractivity contribution in [2.45, 2.75) is 39.8 Å². The van der Waals surface area contributed by atoms with E-state index in [-0.39, 0.29) is 25.0 Å². The Balaban J connectivity index is 1.91. The molecule has 0 radical (unpaired) electrons. The van der Waals surface area contributed by atoms with Crippen molar-refractivity contribution in [2.24, 2.45) is 5.92 Å². The van der Waals surface area contributed by atoms with Crippen LogP contribution in [0.2, 0.25) is 0 Å². The van der Waals surface area contributed by atoms with Crippen molar-refractivity contribution >= 4 is 27.7 Å². The maximum atomic E-state index is 14.6. The number of hydrogen-bond acceptors (Lipinski definition) is 3. The molecule has 5 nitrogen and oxygen atoms in total. The first-order chi connectivity index (χ1) is 17.2. The number of halogens is 2. The zero-order chi connectivity index (χ0) is 26.1. The monoisotopic (exact) mass is 554 g/mol. The summed E-state index contributed by atoms with van der Waals surface area (Å²) >= 11 is 3.46. The summed E-state index contributed by atoms with van der Waals surface area (Å²) in [6, 6.07) is 20.4. The highest BCUT2D eigenvalue weighted by atomic mass is 79.9. The van der Waals surface area contributed by atoms with Crippen molar-refractivity contribution in [1.82, 2.24) is 10.2 Å². The summed E-state index contributed by atoms with van der Waals surface area (Å²) in [5.41, 5.74) is 2.20. The number of hydrogen-bond donors (Lipinski definition) is 1. The van der Waals surface area contributed by atoms with Crippen LogP contribution in [0, 0.1) is 18.7 Å². The largest absolute Gasteiger partial charge is 0.484 e. The molecular weight excluding hydrogens is 523 g/mol. The number of nitrogens with zero attached hydrogens (tertiary/aromatic N) is 1. The van der Waals surface area contributed by atoms with E-state index in [1.165, 1.54) is 11.0 Å². The highest BCUT2D eigenvalue weighted by molar-refractivity contribution is 9.10. The third-order valence-electron chi connectivity index (χ3n) is 5.75. The summed E-state index contributed by atoms with van der Waals surface area (Å²) in [6.45, 7) is 6.07. The van der Waals surface area contributed by atoms with Crippen LogP contribution in [0.25, 0.3) is 0 Å². The summed E-state index contributed by atoms with van der Waals surface area (Å²) in [5, 5.41) is 2.95. The molecule has 1 atom stereocenters. The molecule has 0 aliphatic carbocycles. The zero-order valence-electron chi connectivity index (χ0n) is 20.8. The molecule has 1 N–H and O–H groups in total. The number of benzene rings is 3. The Hall–Kier alpha value is -3.19. The van der Waals surface area contributed by atoms with Crippen LogP contribution in [-0.2, 0) is 22.6 Å². The van der Waals surface area contributed by atoms with E-state index < -0.39 is 17.8 Å². The number of ether oxygens (including phenoxy) is 1. The molecular formula is C29H32BrFN2O3. The van der Waals surface area contributed by atoms with Crippen molar-refractivity contribution in [3.8, 4) is 5.75 Å². The topological polar surface area (TPSA) is 58.6 Å². The molecule has 0 saturated heterocycles. The average molecular weight is 555 g/mol. The fourth-order valence-electron chi connectivity index (χ4n) is 3.72. The van der Waals surface area contributed by atoms with Crippen molar-refractivity contribution in [2.75, 3.05) is 13.2 Å². The maximum Gasteiger partial charge on any atom is 0.261 e. The average Bonchev–Trinajstić information content (AvgIpc) is 2.86. The number of aryl methyl sites for hydroxylation is 1. The fraction of sp³-hybridized carbons (Fsp3) is 0.310. The van der Waals surface area contributed by atoms with Gasteiger partial charge in [0.15, 0.2) is 6.61 Å². The molecule has 7 heteroatoms. The van der Waals surface area contributed by atoms with Gasteiger partial charge in [-0.15, -0.1) is 0 Å². The van der Waals surface area contributed by atoms with Crippen LogP contribution in [0.15, 0.2) is 77.3 Å². The Morgan fingerprint density at radius 2 is 1.72 bits per heavy atom. The maximum absolute atomic E-state index is 14.6. The molecule has 3 aromatic carbocycles. The third kappa shape index (κ3) is 7.92. The second-order valence-electron chi connectivity index (χ2n) is 9.16. The Labute approximate surface area is 220 Å². The van der Waals surface area contributed by atoms with Crippen molar-refractivity contribution in [3.63, 3.8) is 0 Å². The lowest BCUT2D eigenvalue weighted by Crippen LogP contribution is -2.52. The predicted octanol–water partition coefficient (Wildman–Crippen LogP) is 5.69. The lowest BCUT2D eigenvalue weighted by Gasteiger charge is -2.31. The number of carbonyl (C=O) groups excluding carboxylic acids is 2. The van der Waals surface area contributed by atoms with Crippen LogP contribution in [0.3, 0.4) is 0 Å². The molecule has 0 aliphatic rings. The van der Waals surface area contributed by atoms with E-state index in [1.807, 2.05) is 63.2 Å². The predicted molar refractivity (Wildman–Crippen MR) is 143 cm³/mol. The first-order valence-corrected chi connectivity index (χ1v) is 12.8. The summed E-state index contributed by atoms with van der Waals surface area (Å²) in [5.74, 6) is -0.332. The SMILES string of the molecule is Cc1cc(OCC(=O)N(Cc2ccccc2F)C(Cc2ccccc2)C(=O)NCC(C)C)ccc1Br. The van der Waals surface area contributed by atoms with Crippen molar-refractivity contribution in [1.29, 1.82) is 0 Å². The molecule has 36 heavy (non-hydrogen) atoms. The van der Waals surface area contributed by atoms with E-state index in [1.54, 1.807) is 24.3 Å². The van der Waals surface area contributed by atoms with Crippen LogP contribution in [0.5, 0.6) is 5.75 Å². The van der Waals surface area contributed by atoms with Gasteiger partial charge in [0.05, 0.1) is 0 Å². The van der Waals surface area contributed by atoms with Crippen molar-refractivity contribution < 1.29 is 18.7 Å². The van der Waals surface area contributed by atoms with Crippen LogP contribution < -0.4 is 10.1 Å². The van der Waals surface area contributed by atoms with Gasteiger partial charge in [-0.1, -0.05) is 78.3 Å². The molecule has 0 aliphatic heterocycles. The van der Waals surface area contributed by atoms with E-state index >= 15 is 0 Å². The molecule has 0 aromatic heterocycles. The quantitative estimate of drug-likeness (QED) is 0.331. The highest BCUT2D eigenvalue weighted by Gasteiger charge is 2.31. The summed E-state index contributed by atoms with van der Waals surface area (Å²) in [7, 11) is 0. The molecule has 0 heterocycles. The lowest BCUT2D eigenvalue weighted by molar-refractivity contribution is -0.142. The minimum Gasteiger partial charge on any atom is -0.484 e. The van der Waals surface area contributed by atoms with Gasteiger partial charge in [-0.3, -0.25) is 9.59 Å². The minimum atomic E-state index is -0.839. The smallest absolute Gasteiger partial charge is 0.261 e. The summed E-state index contributed by atoms with van der Waals surface area (Å²) in [6.07, 6.45) is 0.294. The number of carbonyl (C=O) groups is 2. The van der Waals surface area contributed by atoms with Gasteiger partial charge < -0.3 is 15.0 Å². The zero-order valence-corrected chi connectivity index (χ0v) is 22.4. The van der Waals surface area contributed by atoms with Gasteiger partial charge in [-0.05, 0) is 48.2 Å². The lowest BCUT2D eigenvalue weighted by atomic mass is 10.0. The normalized spacial score (nSPS) is 11.7. The van der Waals surface area contributed by atoms with E-state index in [0.717, 1.165) is 15.6 Å². The highest BCUT2D eigenvalue weighted by Crippen LogP contribution is 2.22. The second-order valence-corrected chi connectivity index (χ2v) is 10.0. The molecule has 3 aromatic rings. The van der Waals surface area contributed by atoms with Crippen LogP contribution in [0.1, 0.15) is 30.5 Å². The Bertz CT molecular complexity index is 1170.